The Morgan fingerprint density at radius 3 is 2.70 bits per heavy atom. The molecule has 2 aromatic carbocycles. The van der Waals surface area contributed by atoms with Gasteiger partial charge >= 0.3 is 0 Å². The molecule has 0 spiro atoms. The van der Waals surface area contributed by atoms with E-state index in [-0.39, 0.29) is 16.7 Å². The molecule has 1 aliphatic heterocycles. The van der Waals surface area contributed by atoms with Crippen molar-refractivity contribution in [3.05, 3.63) is 75.8 Å². The van der Waals surface area contributed by atoms with Gasteiger partial charge in [-0.05, 0) is 11.1 Å². The van der Waals surface area contributed by atoms with E-state index in [0.717, 1.165) is 23.3 Å². The van der Waals surface area contributed by atoms with E-state index in [9.17, 15) is 10.1 Å². The average molecular weight is 267 g/mol. The fraction of sp³-hybridized carbons (Fsp3) is 0.133. The highest BCUT2D eigenvalue weighted by molar-refractivity contribution is 6.01. The Labute approximate surface area is 116 Å². The van der Waals surface area contributed by atoms with Gasteiger partial charge in [-0.15, -0.1) is 0 Å². The maximum atomic E-state index is 10.8. The topological polar surface area (TPSA) is 67.5 Å². The summed E-state index contributed by atoms with van der Waals surface area (Å²) in [5.41, 5.74) is 6.10. The number of rotatable bonds is 3. The summed E-state index contributed by atoms with van der Waals surface area (Å²) in [6.07, 6.45) is 0.727. The van der Waals surface area contributed by atoms with Gasteiger partial charge in [0.25, 0.3) is 5.69 Å². The maximum Gasteiger partial charge on any atom is 0.269 e. The molecule has 1 atom stereocenters. The van der Waals surface area contributed by atoms with Crippen molar-refractivity contribution in [3.63, 3.8) is 0 Å². The zero-order valence-corrected chi connectivity index (χ0v) is 10.7. The van der Waals surface area contributed by atoms with Crippen molar-refractivity contribution < 1.29 is 4.92 Å². The molecule has 0 aromatic heterocycles. The quantitative estimate of drug-likeness (QED) is 0.686. The summed E-state index contributed by atoms with van der Waals surface area (Å²) in [4.78, 5) is 10.4. The van der Waals surface area contributed by atoms with Crippen LogP contribution in [0.3, 0.4) is 0 Å². The molecule has 0 aliphatic carbocycles. The highest BCUT2D eigenvalue weighted by atomic mass is 16.6. The summed E-state index contributed by atoms with van der Waals surface area (Å²) in [5, 5.41) is 15.1. The van der Waals surface area contributed by atoms with Crippen LogP contribution in [-0.4, -0.2) is 10.6 Å². The van der Waals surface area contributed by atoms with E-state index < -0.39 is 0 Å². The normalized spacial score (nSPS) is 17.4. The lowest BCUT2D eigenvalue weighted by atomic mass is 9.99. The number of nitro benzene ring substituents is 1. The Bertz CT molecular complexity index is 668. The molecule has 0 radical (unpaired) electrons. The van der Waals surface area contributed by atoms with Crippen LogP contribution in [0.2, 0.25) is 0 Å². The Balaban J connectivity index is 1.79. The Hall–Kier alpha value is -2.69. The van der Waals surface area contributed by atoms with Crippen molar-refractivity contribution in [1.29, 1.82) is 0 Å². The van der Waals surface area contributed by atoms with E-state index in [0.29, 0.717) is 0 Å². The standard InChI is InChI=1S/C15H13N3O2/c19-18(20)13-8-4-7-12(9-13)15-10-14(16-17-15)11-5-2-1-3-6-11/h1-9,15,17H,10H2/t15-/m1/s1. The molecule has 0 saturated carbocycles. The molecular formula is C15H13N3O2. The van der Waals surface area contributed by atoms with Crippen LogP contribution in [0.5, 0.6) is 0 Å². The van der Waals surface area contributed by atoms with E-state index in [1.54, 1.807) is 12.1 Å². The molecule has 1 N–H and O–H groups in total. The van der Waals surface area contributed by atoms with Crippen LogP contribution in [0.4, 0.5) is 5.69 Å². The number of benzene rings is 2. The van der Waals surface area contributed by atoms with Crippen LogP contribution in [0.15, 0.2) is 59.7 Å². The fourth-order valence-corrected chi connectivity index (χ4v) is 2.30. The molecule has 3 rings (SSSR count). The van der Waals surface area contributed by atoms with Gasteiger partial charge in [0.2, 0.25) is 0 Å². The number of hydrazone groups is 1. The fourth-order valence-electron chi connectivity index (χ4n) is 2.30. The molecule has 1 aliphatic rings. The molecule has 100 valence electrons. The summed E-state index contributed by atoms with van der Waals surface area (Å²) in [7, 11) is 0. The molecule has 0 amide bonds. The van der Waals surface area contributed by atoms with Crippen LogP contribution >= 0.6 is 0 Å². The Morgan fingerprint density at radius 1 is 1.15 bits per heavy atom. The van der Waals surface area contributed by atoms with E-state index in [1.165, 1.54) is 6.07 Å². The second-order valence-electron chi connectivity index (χ2n) is 4.66. The predicted octanol–water partition coefficient (Wildman–Crippen LogP) is 3.03. The summed E-state index contributed by atoms with van der Waals surface area (Å²) in [5.74, 6) is 0. The smallest absolute Gasteiger partial charge is 0.269 e. The first-order valence-electron chi connectivity index (χ1n) is 6.36. The lowest BCUT2D eigenvalue weighted by Gasteiger charge is -2.09. The van der Waals surface area contributed by atoms with E-state index >= 15 is 0 Å². The molecule has 0 fully saturated rings. The molecule has 5 nitrogen and oxygen atoms in total. The van der Waals surface area contributed by atoms with Crippen molar-refractivity contribution in [2.75, 3.05) is 0 Å². The minimum atomic E-state index is -0.378. The molecule has 20 heavy (non-hydrogen) atoms. The van der Waals surface area contributed by atoms with Gasteiger partial charge in [-0.3, -0.25) is 10.1 Å². The minimum Gasteiger partial charge on any atom is -0.302 e. The van der Waals surface area contributed by atoms with Crippen molar-refractivity contribution in [1.82, 2.24) is 5.43 Å². The third kappa shape index (κ3) is 2.38. The second kappa shape index (κ2) is 5.13. The van der Waals surface area contributed by atoms with Gasteiger partial charge in [-0.2, -0.15) is 5.10 Å². The summed E-state index contributed by atoms with van der Waals surface area (Å²) >= 11 is 0. The lowest BCUT2D eigenvalue weighted by molar-refractivity contribution is -0.384. The van der Waals surface area contributed by atoms with Gasteiger partial charge in [-0.1, -0.05) is 42.5 Å². The van der Waals surface area contributed by atoms with Gasteiger partial charge in [0.15, 0.2) is 0 Å². The predicted molar refractivity (Wildman–Crippen MR) is 76.6 cm³/mol. The van der Waals surface area contributed by atoms with E-state index in [2.05, 4.69) is 10.5 Å². The molecule has 0 unspecified atom stereocenters. The van der Waals surface area contributed by atoms with Crippen molar-refractivity contribution in [2.24, 2.45) is 5.10 Å². The highest BCUT2D eigenvalue weighted by Gasteiger charge is 2.22. The van der Waals surface area contributed by atoms with Gasteiger partial charge in [-0.25, -0.2) is 0 Å². The molecule has 1 heterocycles. The highest BCUT2D eigenvalue weighted by Crippen LogP contribution is 2.26. The third-order valence-electron chi connectivity index (χ3n) is 3.34. The van der Waals surface area contributed by atoms with Crippen LogP contribution in [0, 0.1) is 10.1 Å². The number of nitro groups is 1. The maximum absolute atomic E-state index is 10.8. The van der Waals surface area contributed by atoms with Crippen LogP contribution < -0.4 is 5.43 Å². The van der Waals surface area contributed by atoms with Crippen molar-refractivity contribution in [2.45, 2.75) is 12.5 Å². The SMILES string of the molecule is O=[N+]([O-])c1cccc([C@H]2CC(c3ccccc3)=NN2)c1. The van der Waals surface area contributed by atoms with Gasteiger partial charge < -0.3 is 5.43 Å². The largest absolute Gasteiger partial charge is 0.302 e. The monoisotopic (exact) mass is 267 g/mol. The number of nitrogens with one attached hydrogen (secondary N) is 1. The average Bonchev–Trinajstić information content (AvgIpc) is 2.98. The molecular weight excluding hydrogens is 254 g/mol. The Kier molecular flexibility index (Phi) is 3.16. The van der Waals surface area contributed by atoms with E-state index in [1.807, 2.05) is 36.4 Å². The van der Waals surface area contributed by atoms with Gasteiger partial charge in [0.05, 0.1) is 16.7 Å². The number of non-ortho nitro benzene ring substituents is 1. The van der Waals surface area contributed by atoms with E-state index in [4.69, 9.17) is 0 Å². The number of nitrogens with zero attached hydrogens (tertiary/aromatic N) is 2. The third-order valence-corrected chi connectivity index (χ3v) is 3.34. The second-order valence-corrected chi connectivity index (χ2v) is 4.66. The number of hydrogen-bond acceptors (Lipinski definition) is 4. The van der Waals surface area contributed by atoms with Crippen LogP contribution in [-0.2, 0) is 0 Å². The zero-order valence-electron chi connectivity index (χ0n) is 10.7. The zero-order chi connectivity index (χ0) is 13.9. The minimum absolute atomic E-state index is 0.00916. The van der Waals surface area contributed by atoms with Crippen molar-refractivity contribution in [3.8, 4) is 0 Å². The molecule has 0 bridgehead atoms. The summed E-state index contributed by atoms with van der Waals surface area (Å²) in [6, 6.07) is 16.6. The summed E-state index contributed by atoms with van der Waals surface area (Å²) in [6.45, 7) is 0. The molecule has 0 saturated heterocycles. The first-order valence-corrected chi connectivity index (χ1v) is 6.36. The summed E-state index contributed by atoms with van der Waals surface area (Å²) < 4.78 is 0. The molecule has 5 heteroatoms. The Morgan fingerprint density at radius 2 is 1.95 bits per heavy atom. The van der Waals surface area contributed by atoms with Crippen LogP contribution in [0.25, 0.3) is 0 Å². The van der Waals surface area contributed by atoms with Gasteiger partial charge in [0, 0.05) is 18.6 Å². The molecule has 2 aromatic rings. The van der Waals surface area contributed by atoms with Gasteiger partial charge in [0.1, 0.15) is 0 Å². The first-order chi connectivity index (χ1) is 9.74. The van der Waals surface area contributed by atoms with Crippen molar-refractivity contribution >= 4 is 11.4 Å². The van der Waals surface area contributed by atoms with Crippen LogP contribution in [0.1, 0.15) is 23.6 Å². The first kappa shape index (κ1) is 12.3. The lowest BCUT2D eigenvalue weighted by Crippen LogP contribution is -2.10. The number of hydrogen-bond donors (Lipinski definition) is 1.